The lowest BCUT2D eigenvalue weighted by molar-refractivity contribution is -0.140. The van der Waals surface area contributed by atoms with Crippen LogP contribution in [0.5, 0.6) is 0 Å². The lowest BCUT2D eigenvalue weighted by Gasteiger charge is -2.35. The van der Waals surface area contributed by atoms with Crippen molar-refractivity contribution in [2.24, 2.45) is 0 Å². The zero-order valence-electron chi connectivity index (χ0n) is 29.1. The molecular weight excluding hydrogens is 586 g/mol. The van der Waals surface area contributed by atoms with E-state index in [0.29, 0.717) is 18.5 Å². The van der Waals surface area contributed by atoms with Crippen LogP contribution < -0.4 is 10.6 Å². The van der Waals surface area contributed by atoms with Crippen molar-refractivity contribution in [1.82, 2.24) is 10.2 Å². The van der Waals surface area contributed by atoms with Gasteiger partial charge in [-0.3, -0.25) is 9.59 Å². The molecule has 0 spiro atoms. The highest BCUT2D eigenvalue weighted by Gasteiger charge is 2.36. The Morgan fingerprint density at radius 3 is 2.15 bits per heavy atom. The van der Waals surface area contributed by atoms with E-state index in [4.69, 9.17) is 4.74 Å². The fraction of sp³-hybridized carbons (Fsp3) is 0.425. The molecule has 0 saturated carbocycles. The van der Waals surface area contributed by atoms with Gasteiger partial charge in [0.15, 0.2) is 0 Å². The summed E-state index contributed by atoms with van der Waals surface area (Å²) < 4.78 is 5.59. The summed E-state index contributed by atoms with van der Waals surface area (Å²) in [5.74, 6) is -0.669. The summed E-state index contributed by atoms with van der Waals surface area (Å²) in [7, 11) is 0. The number of rotatable bonds is 16. The number of hydrogen-bond acceptors (Lipinski definition) is 4. The number of carbonyl (C=O) groups excluding carboxylic acids is 3. The number of amides is 3. The van der Waals surface area contributed by atoms with Crippen molar-refractivity contribution < 1.29 is 19.1 Å². The Labute approximate surface area is 281 Å². The summed E-state index contributed by atoms with van der Waals surface area (Å²) in [6.07, 6.45) is 7.40. The minimum absolute atomic E-state index is 0.240. The number of unbranched alkanes of at least 4 members (excludes halogenated alkanes) is 5. The SMILES string of the molecule is C=Cc1cccc(C(C(=O)Nc2c(C)cccc2C)N(CCCCCCCC)C(=O)C(Cc2ccccc2)NC(=O)OC(C)(C)C)c1. The number of alkyl carbamates (subject to hydrolysis) is 1. The van der Waals surface area contributed by atoms with Crippen LogP contribution in [0.3, 0.4) is 0 Å². The second-order valence-electron chi connectivity index (χ2n) is 13.2. The predicted octanol–water partition coefficient (Wildman–Crippen LogP) is 8.95. The molecule has 0 bridgehead atoms. The highest BCUT2D eigenvalue weighted by atomic mass is 16.6. The molecular formula is C40H53N3O4. The molecule has 252 valence electrons. The number of aryl methyl sites for hydroxylation is 2. The van der Waals surface area contributed by atoms with Gasteiger partial charge >= 0.3 is 6.09 Å². The third-order valence-corrected chi connectivity index (χ3v) is 8.06. The van der Waals surface area contributed by atoms with E-state index in [1.54, 1.807) is 31.7 Å². The van der Waals surface area contributed by atoms with E-state index in [9.17, 15) is 14.4 Å². The summed E-state index contributed by atoms with van der Waals surface area (Å²) in [5.41, 5.74) is 4.22. The average molecular weight is 640 g/mol. The van der Waals surface area contributed by atoms with Crippen molar-refractivity contribution in [1.29, 1.82) is 0 Å². The van der Waals surface area contributed by atoms with Crippen LogP contribution in [0, 0.1) is 13.8 Å². The lowest BCUT2D eigenvalue weighted by atomic mass is 9.98. The molecule has 3 aromatic carbocycles. The number of hydrogen-bond donors (Lipinski definition) is 2. The van der Waals surface area contributed by atoms with Gasteiger partial charge in [0, 0.05) is 18.7 Å². The van der Waals surface area contributed by atoms with Crippen molar-refractivity contribution in [3.05, 3.63) is 107 Å². The molecule has 2 unspecified atom stereocenters. The third-order valence-electron chi connectivity index (χ3n) is 8.06. The molecule has 0 heterocycles. The fourth-order valence-electron chi connectivity index (χ4n) is 5.66. The van der Waals surface area contributed by atoms with E-state index in [1.807, 2.05) is 86.6 Å². The molecule has 0 radical (unpaired) electrons. The molecule has 0 aliphatic rings. The molecule has 7 heteroatoms. The van der Waals surface area contributed by atoms with Crippen molar-refractivity contribution in [3.63, 3.8) is 0 Å². The minimum atomic E-state index is -0.967. The van der Waals surface area contributed by atoms with Gasteiger partial charge in [-0.15, -0.1) is 0 Å². The Bertz CT molecular complexity index is 1460. The number of benzene rings is 3. The van der Waals surface area contributed by atoms with E-state index in [-0.39, 0.29) is 18.2 Å². The summed E-state index contributed by atoms with van der Waals surface area (Å²) >= 11 is 0. The van der Waals surface area contributed by atoms with E-state index in [2.05, 4.69) is 24.1 Å². The first-order chi connectivity index (χ1) is 22.4. The Morgan fingerprint density at radius 2 is 1.51 bits per heavy atom. The van der Waals surface area contributed by atoms with Crippen molar-refractivity contribution in [2.75, 3.05) is 11.9 Å². The van der Waals surface area contributed by atoms with E-state index < -0.39 is 23.8 Å². The van der Waals surface area contributed by atoms with Crippen LogP contribution in [0.4, 0.5) is 10.5 Å². The third kappa shape index (κ3) is 11.7. The van der Waals surface area contributed by atoms with Crippen molar-refractivity contribution in [2.45, 2.75) is 104 Å². The van der Waals surface area contributed by atoms with Gasteiger partial charge in [0.2, 0.25) is 5.91 Å². The second kappa shape index (κ2) is 18.1. The number of anilines is 1. The maximum atomic E-state index is 14.8. The quantitative estimate of drug-likeness (QED) is 0.153. The number of nitrogens with one attached hydrogen (secondary N) is 2. The van der Waals surface area contributed by atoms with E-state index >= 15 is 0 Å². The Morgan fingerprint density at radius 1 is 0.872 bits per heavy atom. The van der Waals surface area contributed by atoms with Crippen LogP contribution in [-0.2, 0) is 20.7 Å². The maximum absolute atomic E-state index is 14.8. The molecule has 3 amide bonds. The molecule has 0 aromatic heterocycles. The molecule has 0 saturated heterocycles. The maximum Gasteiger partial charge on any atom is 0.408 e. The molecule has 0 aliphatic carbocycles. The molecule has 47 heavy (non-hydrogen) atoms. The first-order valence-corrected chi connectivity index (χ1v) is 16.9. The molecule has 3 aromatic rings. The topological polar surface area (TPSA) is 87.7 Å². The minimum Gasteiger partial charge on any atom is -0.444 e. The zero-order valence-corrected chi connectivity index (χ0v) is 29.1. The first kappa shape index (κ1) is 37.1. The predicted molar refractivity (Wildman–Crippen MR) is 192 cm³/mol. The van der Waals surface area contributed by atoms with Gasteiger partial charge < -0.3 is 20.3 Å². The van der Waals surface area contributed by atoms with Gasteiger partial charge in [0.1, 0.15) is 17.7 Å². The number of nitrogens with zero attached hydrogens (tertiary/aromatic N) is 1. The number of ether oxygens (including phenoxy) is 1. The van der Waals surface area contributed by atoms with Crippen LogP contribution >= 0.6 is 0 Å². The molecule has 3 rings (SSSR count). The van der Waals surface area contributed by atoms with Crippen LogP contribution in [-0.4, -0.2) is 41.0 Å². The Hall–Kier alpha value is -4.39. The van der Waals surface area contributed by atoms with Gasteiger partial charge in [-0.1, -0.05) is 118 Å². The summed E-state index contributed by atoms with van der Waals surface area (Å²) in [5, 5.41) is 6.01. The van der Waals surface area contributed by atoms with Crippen molar-refractivity contribution in [3.8, 4) is 0 Å². The smallest absolute Gasteiger partial charge is 0.408 e. The standard InChI is InChI=1S/C40H53N3O4/c1-8-10-11-12-13-17-26-43(38(45)34(28-32-22-15-14-16-23-32)41-39(46)47-40(5,6)7)36(33-25-19-24-31(9-2)27-33)37(44)42-35-29(3)20-18-21-30(35)4/h9,14-16,18-25,27,34,36H,2,8,10-13,17,26,28H2,1,3-7H3,(H,41,46)(H,42,44). The summed E-state index contributed by atoms with van der Waals surface area (Å²) in [6, 6.07) is 21.1. The number of carbonyl (C=O) groups is 3. The average Bonchev–Trinajstić information content (AvgIpc) is 3.03. The van der Waals surface area contributed by atoms with Gasteiger partial charge in [-0.2, -0.15) is 0 Å². The molecule has 0 aliphatic heterocycles. The molecule has 2 N–H and O–H groups in total. The molecule has 7 nitrogen and oxygen atoms in total. The summed E-state index contributed by atoms with van der Waals surface area (Å²) in [4.78, 5) is 44.1. The Balaban J connectivity index is 2.10. The second-order valence-corrected chi connectivity index (χ2v) is 13.2. The van der Waals surface area contributed by atoms with Crippen molar-refractivity contribution >= 4 is 29.7 Å². The van der Waals surface area contributed by atoms with E-state index in [0.717, 1.165) is 60.0 Å². The van der Waals surface area contributed by atoms with Gasteiger partial charge in [0.05, 0.1) is 0 Å². The first-order valence-electron chi connectivity index (χ1n) is 16.9. The molecule has 2 atom stereocenters. The van der Waals surface area contributed by atoms with Gasteiger partial charge in [0.25, 0.3) is 5.91 Å². The van der Waals surface area contributed by atoms with Crippen LogP contribution in [0.1, 0.15) is 100 Å². The Kier molecular flexibility index (Phi) is 14.3. The van der Waals surface area contributed by atoms with Crippen LogP contribution in [0.25, 0.3) is 6.08 Å². The zero-order chi connectivity index (χ0) is 34.4. The van der Waals surface area contributed by atoms with E-state index in [1.165, 1.54) is 0 Å². The van der Waals surface area contributed by atoms with Gasteiger partial charge in [-0.05, 0) is 74.9 Å². The summed E-state index contributed by atoms with van der Waals surface area (Å²) in [6.45, 7) is 15.7. The van der Waals surface area contributed by atoms with Gasteiger partial charge in [-0.25, -0.2) is 4.79 Å². The largest absolute Gasteiger partial charge is 0.444 e. The number of para-hydroxylation sites is 1. The lowest BCUT2D eigenvalue weighted by Crippen LogP contribution is -2.53. The molecule has 0 fully saturated rings. The van der Waals surface area contributed by atoms with Crippen LogP contribution in [0.2, 0.25) is 0 Å². The van der Waals surface area contributed by atoms with Crippen LogP contribution in [0.15, 0.2) is 79.4 Å². The fourth-order valence-corrected chi connectivity index (χ4v) is 5.66. The normalized spacial score (nSPS) is 12.5. The highest BCUT2D eigenvalue weighted by molar-refractivity contribution is 6.00. The highest BCUT2D eigenvalue weighted by Crippen LogP contribution is 2.29. The monoisotopic (exact) mass is 639 g/mol.